The van der Waals surface area contributed by atoms with E-state index in [0.717, 1.165) is 25.9 Å². The first-order valence-electron chi connectivity index (χ1n) is 5.19. The lowest BCUT2D eigenvalue weighted by atomic mass is 9.79. The van der Waals surface area contributed by atoms with E-state index in [4.69, 9.17) is 4.74 Å². The molecular formula is C10H17NO3. The van der Waals surface area contributed by atoms with Gasteiger partial charge in [0.15, 0.2) is 0 Å². The number of ether oxygens (including phenoxy) is 2. The summed E-state index contributed by atoms with van der Waals surface area (Å²) in [4.78, 5) is 11.1. The molecule has 0 radical (unpaired) electrons. The molecule has 1 spiro atoms. The lowest BCUT2D eigenvalue weighted by molar-refractivity contribution is -0.170. The molecule has 0 aromatic rings. The zero-order valence-electron chi connectivity index (χ0n) is 8.54. The van der Waals surface area contributed by atoms with Crippen molar-refractivity contribution in [2.75, 3.05) is 20.2 Å². The van der Waals surface area contributed by atoms with Crippen LogP contribution in [-0.4, -0.2) is 37.9 Å². The minimum atomic E-state index is -0.187. The highest BCUT2D eigenvalue weighted by Crippen LogP contribution is 2.37. The van der Waals surface area contributed by atoms with Crippen LogP contribution in [0.25, 0.3) is 0 Å². The SMILES string of the molecule is COC(=O)CC1CNCC2(CCC2)O1. The Morgan fingerprint density at radius 2 is 2.43 bits per heavy atom. The second kappa shape index (κ2) is 3.87. The van der Waals surface area contributed by atoms with Gasteiger partial charge < -0.3 is 14.8 Å². The summed E-state index contributed by atoms with van der Waals surface area (Å²) < 4.78 is 10.5. The van der Waals surface area contributed by atoms with Gasteiger partial charge in [-0.25, -0.2) is 0 Å². The molecule has 2 rings (SSSR count). The molecule has 1 heterocycles. The molecule has 2 aliphatic rings. The second-order valence-corrected chi connectivity index (χ2v) is 4.19. The van der Waals surface area contributed by atoms with Gasteiger partial charge in [-0.3, -0.25) is 4.79 Å². The standard InChI is InChI=1S/C10H17NO3/c1-13-9(12)5-8-6-11-7-10(14-8)3-2-4-10/h8,11H,2-7H2,1H3. The summed E-state index contributed by atoms with van der Waals surface area (Å²) in [6.45, 7) is 1.70. The molecule has 1 atom stereocenters. The number of hydrogen-bond acceptors (Lipinski definition) is 4. The molecule has 1 saturated heterocycles. The van der Waals surface area contributed by atoms with E-state index in [9.17, 15) is 4.79 Å². The molecule has 14 heavy (non-hydrogen) atoms. The van der Waals surface area contributed by atoms with Gasteiger partial charge in [-0.15, -0.1) is 0 Å². The highest BCUT2D eigenvalue weighted by Gasteiger charge is 2.42. The van der Waals surface area contributed by atoms with Crippen molar-refractivity contribution >= 4 is 5.97 Å². The molecule has 0 bridgehead atoms. The van der Waals surface area contributed by atoms with E-state index in [1.165, 1.54) is 13.5 Å². The number of morpholine rings is 1. The highest BCUT2D eigenvalue weighted by atomic mass is 16.5. The van der Waals surface area contributed by atoms with Crippen molar-refractivity contribution in [2.45, 2.75) is 37.4 Å². The van der Waals surface area contributed by atoms with E-state index in [-0.39, 0.29) is 17.7 Å². The van der Waals surface area contributed by atoms with Crippen molar-refractivity contribution in [3.63, 3.8) is 0 Å². The van der Waals surface area contributed by atoms with Crippen LogP contribution in [0.5, 0.6) is 0 Å². The van der Waals surface area contributed by atoms with Crippen molar-refractivity contribution in [1.29, 1.82) is 0 Å². The molecule has 1 aliphatic heterocycles. The van der Waals surface area contributed by atoms with E-state index in [1.807, 2.05) is 0 Å². The van der Waals surface area contributed by atoms with Crippen LogP contribution in [0.4, 0.5) is 0 Å². The van der Waals surface area contributed by atoms with Crippen LogP contribution in [0.2, 0.25) is 0 Å². The summed E-state index contributed by atoms with van der Waals surface area (Å²) >= 11 is 0. The van der Waals surface area contributed by atoms with E-state index in [1.54, 1.807) is 0 Å². The van der Waals surface area contributed by atoms with Crippen LogP contribution in [0.1, 0.15) is 25.7 Å². The number of nitrogens with one attached hydrogen (secondary N) is 1. The Morgan fingerprint density at radius 3 is 3.00 bits per heavy atom. The molecule has 1 N–H and O–H groups in total. The third-order valence-electron chi connectivity index (χ3n) is 3.12. The van der Waals surface area contributed by atoms with Crippen molar-refractivity contribution in [2.24, 2.45) is 0 Å². The molecule has 0 amide bonds. The summed E-state index contributed by atoms with van der Waals surface area (Å²) in [6, 6.07) is 0. The van der Waals surface area contributed by atoms with Crippen LogP contribution in [0.15, 0.2) is 0 Å². The average molecular weight is 199 g/mol. The summed E-state index contributed by atoms with van der Waals surface area (Å²) in [5.41, 5.74) is 0.0386. The van der Waals surface area contributed by atoms with Gasteiger partial charge in [0.2, 0.25) is 0 Å². The van der Waals surface area contributed by atoms with Gasteiger partial charge in [0.05, 0.1) is 25.2 Å². The molecule has 2 fully saturated rings. The minimum absolute atomic E-state index is 0.00324. The zero-order valence-corrected chi connectivity index (χ0v) is 8.54. The first-order valence-corrected chi connectivity index (χ1v) is 5.19. The van der Waals surface area contributed by atoms with Gasteiger partial charge in [-0.1, -0.05) is 0 Å². The third-order valence-corrected chi connectivity index (χ3v) is 3.12. The van der Waals surface area contributed by atoms with Crippen LogP contribution < -0.4 is 5.32 Å². The number of carbonyl (C=O) groups excluding carboxylic acids is 1. The molecular weight excluding hydrogens is 182 g/mol. The first kappa shape index (κ1) is 9.93. The Hall–Kier alpha value is -0.610. The molecule has 1 aliphatic carbocycles. The van der Waals surface area contributed by atoms with Crippen molar-refractivity contribution < 1.29 is 14.3 Å². The smallest absolute Gasteiger partial charge is 0.308 e. The van der Waals surface area contributed by atoms with Gasteiger partial charge >= 0.3 is 5.97 Å². The zero-order chi connectivity index (χ0) is 10.0. The van der Waals surface area contributed by atoms with Crippen LogP contribution in [0, 0.1) is 0 Å². The lowest BCUT2D eigenvalue weighted by Crippen LogP contribution is -2.57. The first-order chi connectivity index (χ1) is 6.74. The summed E-state index contributed by atoms with van der Waals surface area (Å²) in [7, 11) is 1.41. The van der Waals surface area contributed by atoms with Crippen LogP contribution in [0.3, 0.4) is 0 Å². The van der Waals surface area contributed by atoms with E-state index >= 15 is 0 Å². The Bertz CT molecular complexity index is 225. The van der Waals surface area contributed by atoms with Gasteiger partial charge in [0.25, 0.3) is 0 Å². The number of carbonyl (C=O) groups is 1. The maximum Gasteiger partial charge on any atom is 0.308 e. The second-order valence-electron chi connectivity index (χ2n) is 4.19. The average Bonchev–Trinajstić information content (AvgIpc) is 2.16. The van der Waals surface area contributed by atoms with E-state index in [0.29, 0.717) is 6.42 Å². The normalized spacial score (nSPS) is 29.6. The predicted molar refractivity (Wildman–Crippen MR) is 51.0 cm³/mol. The highest BCUT2D eigenvalue weighted by molar-refractivity contribution is 5.69. The van der Waals surface area contributed by atoms with Crippen molar-refractivity contribution in [3.8, 4) is 0 Å². The Morgan fingerprint density at radius 1 is 1.64 bits per heavy atom. The monoisotopic (exact) mass is 199 g/mol. The quantitative estimate of drug-likeness (QED) is 0.656. The lowest BCUT2D eigenvalue weighted by Gasteiger charge is -2.47. The number of methoxy groups -OCH3 is 1. The van der Waals surface area contributed by atoms with Crippen molar-refractivity contribution in [3.05, 3.63) is 0 Å². The molecule has 1 saturated carbocycles. The molecule has 0 aromatic heterocycles. The fraction of sp³-hybridized carbons (Fsp3) is 0.900. The molecule has 4 nitrogen and oxygen atoms in total. The van der Waals surface area contributed by atoms with E-state index < -0.39 is 0 Å². The Balaban J connectivity index is 1.84. The van der Waals surface area contributed by atoms with Crippen molar-refractivity contribution in [1.82, 2.24) is 5.32 Å². The molecule has 80 valence electrons. The Kier molecular flexibility index (Phi) is 2.74. The predicted octanol–water partition coefficient (Wildman–Crippen LogP) is 0.461. The fourth-order valence-corrected chi connectivity index (χ4v) is 2.15. The topological polar surface area (TPSA) is 47.6 Å². The summed E-state index contributed by atoms with van der Waals surface area (Å²) in [6.07, 6.45) is 3.85. The number of esters is 1. The van der Waals surface area contributed by atoms with Gasteiger partial charge in [-0.05, 0) is 19.3 Å². The molecule has 4 heteroatoms. The maximum atomic E-state index is 11.1. The van der Waals surface area contributed by atoms with E-state index in [2.05, 4.69) is 10.1 Å². The van der Waals surface area contributed by atoms with Crippen LogP contribution in [-0.2, 0) is 14.3 Å². The van der Waals surface area contributed by atoms with Gasteiger partial charge in [-0.2, -0.15) is 0 Å². The third kappa shape index (κ3) is 1.91. The fourth-order valence-electron chi connectivity index (χ4n) is 2.15. The minimum Gasteiger partial charge on any atom is -0.469 e. The summed E-state index contributed by atoms with van der Waals surface area (Å²) in [5.74, 6) is -0.187. The largest absolute Gasteiger partial charge is 0.469 e. The van der Waals surface area contributed by atoms with Gasteiger partial charge in [0, 0.05) is 13.1 Å². The van der Waals surface area contributed by atoms with Crippen LogP contribution >= 0.6 is 0 Å². The molecule has 0 aromatic carbocycles. The maximum absolute atomic E-state index is 11.1. The number of hydrogen-bond donors (Lipinski definition) is 1. The van der Waals surface area contributed by atoms with Gasteiger partial charge in [0.1, 0.15) is 0 Å². The number of rotatable bonds is 2. The molecule has 1 unspecified atom stereocenters. The summed E-state index contributed by atoms with van der Waals surface area (Å²) in [5, 5.41) is 3.32. The Labute approximate surface area is 84.0 Å².